The molecule has 0 unspecified atom stereocenters. The maximum absolute atomic E-state index is 11.9. The lowest BCUT2D eigenvalue weighted by Crippen LogP contribution is -2.17. The summed E-state index contributed by atoms with van der Waals surface area (Å²) in [5, 5.41) is 24.3. The van der Waals surface area contributed by atoms with Crippen LogP contribution in [-0.4, -0.2) is 22.2 Å². The van der Waals surface area contributed by atoms with Crippen LogP contribution >= 0.6 is 38.5 Å². The van der Waals surface area contributed by atoms with Crippen LogP contribution < -0.4 is 5.43 Å². The number of phenols is 1. The van der Waals surface area contributed by atoms with Crippen molar-refractivity contribution < 1.29 is 14.8 Å². The minimum Gasteiger partial charge on any atom is -0.506 e. The van der Waals surface area contributed by atoms with E-state index in [1.165, 1.54) is 24.4 Å². The number of amides is 1. The summed E-state index contributed by atoms with van der Waals surface area (Å²) in [5.41, 5.74) is 2.61. The van der Waals surface area contributed by atoms with Crippen LogP contribution in [0.3, 0.4) is 0 Å². The Bertz CT molecular complexity index is 811. The Labute approximate surface area is 152 Å². The SMILES string of the molecule is O=C(NN=Cc1cc(Br)cc(I)c1O)c1cccc([N+](=O)[O-])c1. The summed E-state index contributed by atoms with van der Waals surface area (Å²) in [7, 11) is 0. The fourth-order valence-electron chi connectivity index (χ4n) is 1.67. The highest BCUT2D eigenvalue weighted by Gasteiger charge is 2.11. The molecule has 118 valence electrons. The average molecular weight is 490 g/mol. The lowest BCUT2D eigenvalue weighted by molar-refractivity contribution is -0.384. The molecule has 7 nitrogen and oxygen atoms in total. The number of aromatic hydroxyl groups is 1. The molecule has 0 radical (unpaired) electrons. The van der Waals surface area contributed by atoms with Gasteiger partial charge in [0.2, 0.25) is 0 Å². The Balaban J connectivity index is 2.13. The molecule has 9 heteroatoms. The van der Waals surface area contributed by atoms with Gasteiger partial charge in [0, 0.05) is 27.7 Å². The second kappa shape index (κ2) is 7.51. The van der Waals surface area contributed by atoms with E-state index in [1.807, 2.05) is 22.6 Å². The number of non-ortho nitro benzene ring substituents is 1. The minimum absolute atomic E-state index is 0.0437. The van der Waals surface area contributed by atoms with E-state index in [4.69, 9.17) is 0 Å². The van der Waals surface area contributed by atoms with Gasteiger partial charge in [-0.15, -0.1) is 0 Å². The molecule has 0 aromatic heterocycles. The maximum atomic E-state index is 11.9. The van der Waals surface area contributed by atoms with Crippen LogP contribution in [0.1, 0.15) is 15.9 Å². The number of nitrogens with one attached hydrogen (secondary N) is 1. The number of hydrazone groups is 1. The maximum Gasteiger partial charge on any atom is 0.271 e. The standard InChI is InChI=1S/C14H9BrIN3O4/c15-10-4-9(13(20)12(16)6-10)7-17-18-14(21)8-2-1-3-11(5-8)19(22)23/h1-7,20H,(H,18,21). The summed E-state index contributed by atoms with van der Waals surface area (Å²) in [4.78, 5) is 22.0. The number of hydrogen-bond acceptors (Lipinski definition) is 5. The van der Waals surface area contributed by atoms with Crippen molar-refractivity contribution in [3.05, 3.63) is 65.7 Å². The van der Waals surface area contributed by atoms with Gasteiger partial charge in [0.1, 0.15) is 5.75 Å². The Morgan fingerprint density at radius 2 is 2.13 bits per heavy atom. The summed E-state index contributed by atoms with van der Waals surface area (Å²) >= 11 is 5.26. The molecule has 0 saturated carbocycles. The number of carbonyl (C=O) groups excluding carboxylic acids is 1. The molecule has 0 aliphatic carbocycles. The second-order valence-corrected chi connectivity index (χ2v) is 6.41. The van der Waals surface area contributed by atoms with E-state index in [1.54, 1.807) is 12.1 Å². The summed E-state index contributed by atoms with van der Waals surface area (Å²) in [6.45, 7) is 0. The van der Waals surface area contributed by atoms with Crippen LogP contribution in [0.4, 0.5) is 5.69 Å². The van der Waals surface area contributed by atoms with Crippen molar-refractivity contribution >= 4 is 56.3 Å². The summed E-state index contributed by atoms with van der Waals surface area (Å²) in [6, 6.07) is 8.68. The number of rotatable bonds is 4. The summed E-state index contributed by atoms with van der Waals surface area (Å²) in [5.74, 6) is -0.545. The highest BCUT2D eigenvalue weighted by atomic mass is 127. The molecule has 0 saturated heterocycles. The molecule has 0 heterocycles. The summed E-state index contributed by atoms with van der Waals surface area (Å²) in [6.07, 6.45) is 1.29. The van der Waals surface area contributed by atoms with Gasteiger partial charge in [-0.05, 0) is 40.8 Å². The first-order valence-electron chi connectivity index (χ1n) is 6.14. The molecule has 0 fully saturated rings. The molecule has 2 aromatic rings. The Kier molecular flexibility index (Phi) is 5.66. The van der Waals surface area contributed by atoms with Gasteiger partial charge in [0.05, 0.1) is 14.7 Å². The van der Waals surface area contributed by atoms with Crippen molar-refractivity contribution in [1.29, 1.82) is 0 Å². The highest BCUT2D eigenvalue weighted by molar-refractivity contribution is 14.1. The molecule has 1 amide bonds. The monoisotopic (exact) mass is 489 g/mol. The quantitative estimate of drug-likeness (QED) is 0.297. The van der Waals surface area contributed by atoms with Crippen LogP contribution in [0.25, 0.3) is 0 Å². The number of nitro benzene ring substituents is 1. The zero-order chi connectivity index (χ0) is 17.0. The molecular weight excluding hydrogens is 481 g/mol. The number of hydrogen-bond donors (Lipinski definition) is 2. The fourth-order valence-corrected chi connectivity index (χ4v) is 3.22. The van der Waals surface area contributed by atoms with E-state index < -0.39 is 10.8 Å². The van der Waals surface area contributed by atoms with Gasteiger partial charge in [-0.3, -0.25) is 14.9 Å². The predicted octanol–water partition coefficient (Wildman–Crippen LogP) is 3.43. The van der Waals surface area contributed by atoms with Gasteiger partial charge in [-0.1, -0.05) is 22.0 Å². The van der Waals surface area contributed by atoms with Crippen molar-refractivity contribution in [2.24, 2.45) is 5.10 Å². The van der Waals surface area contributed by atoms with Crippen LogP contribution in [-0.2, 0) is 0 Å². The zero-order valence-electron chi connectivity index (χ0n) is 11.4. The number of nitro groups is 1. The van der Waals surface area contributed by atoms with Crippen LogP contribution in [0.2, 0.25) is 0 Å². The van der Waals surface area contributed by atoms with Gasteiger partial charge in [0.15, 0.2) is 0 Å². The molecule has 0 aliphatic rings. The number of halogens is 2. The Morgan fingerprint density at radius 3 is 2.83 bits per heavy atom. The first-order chi connectivity index (χ1) is 10.9. The third-order valence-corrected chi connectivity index (χ3v) is 4.03. The highest BCUT2D eigenvalue weighted by Crippen LogP contribution is 2.27. The van der Waals surface area contributed by atoms with Gasteiger partial charge >= 0.3 is 0 Å². The fraction of sp³-hybridized carbons (Fsp3) is 0. The number of phenolic OH excluding ortho intramolecular Hbond substituents is 1. The van der Waals surface area contributed by atoms with E-state index in [0.29, 0.717) is 9.13 Å². The van der Waals surface area contributed by atoms with E-state index in [9.17, 15) is 20.0 Å². The molecule has 0 aliphatic heterocycles. The van der Waals surface area contributed by atoms with Gasteiger partial charge in [0.25, 0.3) is 11.6 Å². The molecule has 0 spiro atoms. The van der Waals surface area contributed by atoms with E-state index in [-0.39, 0.29) is 17.0 Å². The third kappa shape index (κ3) is 4.48. The molecule has 2 rings (SSSR count). The first-order valence-corrected chi connectivity index (χ1v) is 8.01. The zero-order valence-corrected chi connectivity index (χ0v) is 15.1. The normalized spacial score (nSPS) is 10.7. The molecule has 0 atom stereocenters. The van der Waals surface area contributed by atoms with Crippen molar-refractivity contribution in [3.8, 4) is 5.75 Å². The van der Waals surface area contributed by atoms with Gasteiger partial charge < -0.3 is 5.11 Å². The minimum atomic E-state index is -0.589. The first kappa shape index (κ1) is 17.3. The van der Waals surface area contributed by atoms with E-state index in [0.717, 1.165) is 10.5 Å². The molecular formula is C14H9BrIN3O4. The topological polar surface area (TPSA) is 105 Å². The number of benzene rings is 2. The van der Waals surface area contributed by atoms with Crippen molar-refractivity contribution in [2.45, 2.75) is 0 Å². The Morgan fingerprint density at radius 1 is 1.39 bits per heavy atom. The molecule has 0 bridgehead atoms. The number of nitrogens with zero attached hydrogens (tertiary/aromatic N) is 2. The van der Waals surface area contributed by atoms with Crippen LogP contribution in [0, 0.1) is 13.7 Å². The van der Waals surface area contributed by atoms with Gasteiger partial charge in [-0.25, -0.2) is 5.43 Å². The number of carbonyl (C=O) groups is 1. The predicted molar refractivity (Wildman–Crippen MR) is 96.7 cm³/mol. The van der Waals surface area contributed by atoms with Crippen molar-refractivity contribution in [3.63, 3.8) is 0 Å². The lowest BCUT2D eigenvalue weighted by Gasteiger charge is -2.03. The largest absolute Gasteiger partial charge is 0.506 e. The molecule has 2 aromatic carbocycles. The van der Waals surface area contributed by atoms with Crippen LogP contribution in [0.15, 0.2) is 46.0 Å². The smallest absolute Gasteiger partial charge is 0.271 e. The van der Waals surface area contributed by atoms with E-state index in [2.05, 4.69) is 26.5 Å². The van der Waals surface area contributed by atoms with Crippen LogP contribution in [0.5, 0.6) is 5.75 Å². The third-order valence-electron chi connectivity index (χ3n) is 2.75. The Hall–Kier alpha value is -2.01. The van der Waals surface area contributed by atoms with Crippen molar-refractivity contribution in [1.82, 2.24) is 5.43 Å². The van der Waals surface area contributed by atoms with E-state index >= 15 is 0 Å². The summed E-state index contributed by atoms with van der Waals surface area (Å²) < 4.78 is 1.38. The van der Waals surface area contributed by atoms with Crippen molar-refractivity contribution in [2.75, 3.05) is 0 Å². The average Bonchev–Trinajstić information content (AvgIpc) is 2.51. The van der Waals surface area contributed by atoms with Gasteiger partial charge in [-0.2, -0.15) is 5.10 Å². The second-order valence-electron chi connectivity index (χ2n) is 4.33. The molecule has 2 N–H and O–H groups in total. The lowest BCUT2D eigenvalue weighted by atomic mass is 10.2. The molecule has 23 heavy (non-hydrogen) atoms.